The maximum Gasteiger partial charge on any atom is 0.0615 e. The smallest absolute Gasteiger partial charge is 0.0615 e. The fourth-order valence-electron chi connectivity index (χ4n) is 2.03. The van der Waals surface area contributed by atoms with Gasteiger partial charge in [0.2, 0.25) is 0 Å². The molecule has 84 valence electrons. The molecule has 0 aromatic heterocycles. The second-order valence-corrected chi connectivity index (χ2v) is 4.64. The Morgan fingerprint density at radius 1 is 1.50 bits per heavy atom. The van der Waals surface area contributed by atoms with Crippen LogP contribution in [0.2, 0.25) is 0 Å². The van der Waals surface area contributed by atoms with Crippen LogP contribution in [0.5, 0.6) is 0 Å². The first-order valence-corrected chi connectivity index (χ1v) is 5.55. The molecule has 0 radical (unpaired) electrons. The summed E-state index contributed by atoms with van der Waals surface area (Å²) in [6.45, 7) is 8.90. The van der Waals surface area contributed by atoms with E-state index in [1.807, 2.05) is 0 Å². The van der Waals surface area contributed by atoms with Crippen LogP contribution in [0.4, 0.5) is 0 Å². The third-order valence-corrected chi connectivity index (χ3v) is 3.36. The molecule has 0 aliphatic carbocycles. The summed E-state index contributed by atoms with van der Waals surface area (Å²) >= 11 is 0. The van der Waals surface area contributed by atoms with Gasteiger partial charge in [-0.3, -0.25) is 0 Å². The number of rotatable bonds is 5. The van der Waals surface area contributed by atoms with Crippen molar-refractivity contribution in [3.8, 4) is 0 Å². The Hall–Kier alpha value is -0.120. The number of hydrogen-bond donors (Lipinski definition) is 1. The number of methoxy groups -OCH3 is 1. The van der Waals surface area contributed by atoms with Crippen molar-refractivity contribution >= 4 is 0 Å². The summed E-state index contributed by atoms with van der Waals surface area (Å²) in [4.78, 5) is 2.40. The second-order valence-electron chi connectivity index (χ2n) is 4.64. The zero-order valence-corrected chi connectivity index (χ0v) is 9.92. The third-order valence-electron chi connectivity index (χ3n) is 3.36. The molecule has 3 heteroatoms. The van der Waals surface area contributed by atoms with Crippen LogP contribution >= 0.6 is 0 Å². The second kappa shape index (κ2) is 5.69. The molecule has 1 saturated heterocycles. The molecule has 1 rings (SSSR count). The molecule has 0 bridgehead atoms. The summed E-state index contributed by atoms with van der Waals surface area (Å²) in [7, 11) is 3.96. The minimum atomic E-state index is 0.521. The maximum atomic E-state index is 5.16. The Balaban J connectivity index is 2.28. The fourth-order valence-corrected chi connectivity index (χ4v) is 2.03. The van der Waals surface area contributed by atoms with Crippen LogP contribution in [0.3, 0.4) is 0 Å². The zero-order chi connectivity index (χ0) is 10.6. The molecule has 0 aromatic carbocycles. The van der Waals surface area contributed by atoms with Gasteiger partial charge in [-0.2, -0.15) is 0 Å². The van der Waals surface area contributed by atoms with Crippen molar-refractivity contribution in [3.63, 3.8) is 0 Å². The largest absolute Gasteiger partial charge is 0.383 e. The highest BCUT2D eigenvalue weighted by Crippen LogP contribution is 2.17. The number of hydrogen-bond acceptors (Lipinski definition) is 3. The van der Waals surface area contributed by atoms with E-state index < -0.39 is 0 Å². The van der Waals surface area contributed by atoms with Gasteiger partial charge in [0.25, 0.3) is 0 Å². The average Bonchev–Trinajstić information content (AvgIpc) is 2.52. The van der Waals surface area contributed by atoms with Crippen molar-refractivity contribution < 1.29 is 4.74 Å². The lowest BCUT2D eigenvalue weighted by atomic mass is 9.97. The van der Waals surface area contributed by atoms with Crippen LogP contribution in [-0.2, 0) is 4.74 Å². The number of nitrogens with zero attached hydrogens (tertiary/aromatic N) is 1. The molecule has 3 unspecified atom stereocenters. The Morgan fingerprint density at radius 3 is 2.71 bits per heavy atom. The summed E-state index contributed by atoms with van der Waals surface area (Å²) < 4.78 is 5.16. The molecule has 14 heavy (non-hydrogen) atoms. The first kappa shape index (κ1) is 12.0. The SMILES string of the molecule is COCC(C)N(C)CC1CNCC1C. The number of likely N-dealkylation sites (N-methyl/N-ethyl adjacent to an activating group) is 1. The van der Waals surface area contributed by atoms with E-state index in [2.05, 4.69) is 31.1 Å². The molecule has 1 heterocycles. The number of nitrogens with one attached hydrogen (secondary N) is 1. The lowest BCUT2D eigenvalue weighted by Gasteiger charge is -2.28. The highest BCUT2D eigenvalue weighted by molar-refractivity contribution is 4.81. The van der Waals surface area contributed by atoms with Gasteiger partial charge in [-0.15, -0.1) is 0 Å². The van der Waals surface area contributed by atoms with Crippen LogP contribution in [0.15, 0.2) is 0 Å². The first-order valence-electron chi connectivity index (χ1n) is 5.55. The highest BCUT2D eigenvalue weighted by Gasteiger charge is 2.25. The van der Waals surface area contributed by atoms with Crippen molar-refractivity contribution in [2.45, 2.75) is 19.9 Å². The van der Waals surface area contributed by atoms with Gasteiger partial charge in [-0.1, -0.05) is 6.92 Å². The van der Waals surface area contributed by atoms with Gasteiger partial charge in [0, 0.05) is 19.7 Å². The minimum absolute atomic E-state index is 0.521. The summed E-state index contributed by atoms with van der Waals surface area (Å²) in [5.74, 6) is 1.62. The molecule has 0 spiro atoms. The quantitative estimate of drug-likeness (QED) is 0.711. The van der Waals surface area contributed by atoms with Gasteiger partial charge in [0.15, 0.2) is 0 Å². The van der Waals surface area contributed by atoms with Crippen molar-refractivity contribution in [2.75, 3.05) is 40.4 Å². The van der Waals surface area contributed by atoms with E-state index in [9.17, 15) is 0 Å². The predicted molar refractivity (Wildman–Crippen MR) is 59.5 cm³/mol. The topological polar surface area (TPSA) is 24.5 Å². The van der Waals surface area contributed by atoms with Crippen molar-refractivity contribution in [3.05, 3.63) is 0 Å². The van der Waals surface area contributed by atoms with Crippen LogP contribution in [0, 0.1) is 11.8 Å². The predicted octanol–water partition coefficient (Wildman–Crippen LogP) is 0.809. The molecule has 0 saturated carbocycles. The van der Waals surface area contributed by atoms with E-state index in [1.54, 1.807) is 7.11 Å². The Morgan fingerprint density at radius 2 is 2.21 bits per heavy atom. The molecule has 1 aliphatic heterocycles. The fraction of sp³-hybridized carbons (Fsp3) is 1.00. The Labute approximate surface area is 87.8 Å². The summed E-state index contributed by atoms with van der Waals surface area (Å²) in [6.07, 6.45) is 0. The summed E-state index contributed by atoms with van der Waals surface area (Å²) in [6, 6.07) is 0.521. The van der Waals surface area contributed by atoms with Gasteiger partial charge in [0.1, 0.15) is 0 Å². The Kier molecular flexibility index (Phi) is 4.85. The molecule has 3 atom stereocenters. The standard InChI is InChI=1S/C11H24N2O/c1-9-5-12-6-11(9)7-13(3)10(2)8-14-4/h9-12H,5-8H2,1-4H3. The van der Waals surface area contributed by atoms with Crippen molar-refractivity contribution in [1.82, 2.24) is 10.2 Å². The number of ether oxygens (including phenoxy) is 1. The average molecular weight is 200 g/mol. The molecule has 1 aliphatic rings. The van der Waals surface area contributed by atoms with E-state index in [0.29, 0.717) is 6.04 Å². The van der Waals surface area contributed by atoms with Gasteiger partial charge in [-0.05, 0) is 38.9 Å². The van der Waals surface area contributed by atoms with E-state index >= 15 is 0 Å². The third kappa shape index (κ3) is 3.23. The summed E-state index contributed by atoms with van der Waals surface area (Å²) in [5.41, 5.74) is 0. The molecule has 0 aromatic rings. The van der Waals surface area contributed by atoms with Crippen molar-refractivity contribution in [1.29, 1.82) is 0 Å². The summed E-state index contributed by atoms with van der Waals surface area (Å²) in [5, 5.41) is 3.44. The van der Waals surface area contributed by atoms with Crippen LogP contribution in [-0.4, -0.2) is 51.3 Å². The molecular formula is C11H24N2O. The van der Waals surface area contributed by atoms with E-state index in [-0.39, 0.29) is 0 Å². The van der Waals surface area contributed by atoms with E-state index in [4.69, 9.17) is 4.74 Å². The monoisotopic (exact) mass is 200 g/mol. The van der Waals surface area contributed by atoms with E-state index in [0.717, 1.165) is 18.4 Å². The van der Waals surface area contributed by atoms with Crippen molar-refractivity contribution in [2.24, 2.45) is 11.8 Å². The van der Waals surface area contributed by atoms with Gasteiger partial charge in [0.05, 0.1) is 6.61 Å². The van der Waals surface area contributed by atoms with Gasteiger partial charge >= 0.3 is 0 Å². The highest BCUT2D eigenvalue weighted by atomic mass is 16.5. The molecule has 1 N–H and O–H groups in total. The van der Waals surface area contributed by atoms with Gasteiger partial charge in [-0.25, -0.2) is 0 Å². The van der Waals surface area contributed by atoms with Crippen LogP contribution in [0.25, 0.3) is 0 Å². The minimum Gasteiger partial charge on any atom is -0.383 e. The lowest BCUT2D eigenvalue weighted by Crippen LogP contribution is -2.38. The van der Waals surface area contributed by atoms with Crippen LogP contribution in [0.1, 0.15) is 13.8 Å². The van der Waals surface area contributed by atoms with Crippen LogP contribution < -0.4 is 5.32 Å². The molecule has 1 fully saturated rings. The molecule has 3 nitrogen and oxygen atoms in total. The Bertz CT molecular complexity index is 163. The maximum absolute atomic E-state index is 5.16. The molecular weight excluding hydrogens is 176 g/mol. The zero-order valence-electron chi connectivity index (χ0n) is 9.92. The first-order chi connectivity index (χ1) is 6.65. The van der Waals surface area contributed by atoms with Gasteiger partial charge < -0.3 is 15.0 Å². The molecule has 0 amide bonds. The normalized spacial score (nSPS) is 29.8. The van der Waals surface area contributed by atoms with E-state index in [1.165, 1.54) is 19.6 Å². The lowest BCUT2D eigenvalue weighted by molar-refractivity contribution is 0.103.